The van der Waals surface area contributed by atoms with E-state index in [1.807, 2.05) is 270 Å². The summed E-state index contributed by atoms with van der Waals surface area (Å²) in [5, 5.41) is 67.1. The molecule has 2 aliphatic rings. The van der Waals surface area contributed by atoms with Gasteiger partial charge < -0.3 is 49.6 Å². The molecule has 0 aromatic heterocycles. The van der Waals surface area contributed by atoms with Crippen LogP contribution >= 0.6 is 0 Å². The van der Waals surface area contributed by atoms with E-state index in [0.717, 1.165) is 0 Å². The van der Waals surface area contributed by atoms with E-state index in [1.165, 1.54) is 39.8 Å². The van der Waals surface area contributed by atoms with Gasteiger partial charge in [-0.05, 0) is 99.9 Å². The van der Waals surface area contributed by atoms with E-state index >= 15 is 0 Å². The smallest absolute Gasteiger partial charge is 0.164 e. The van der Waals surface area contributed by atoms with Crippen LogP contribution in [0.3, 0.4) is 0 Å². The highest BCUT2D eigenvalue weighted by Gasteiger charge is 2.63. The van der Waals surface area contributed by atoms with Crippen LogP contribution in [0.5, 0.6) is 0 Å². The maximum atomic E-state index is 12.6. The number of carbonyl (C=O) groups is 2. The van der Waals surface area contributed by atoms with Crippen LogP contribution < -0.4 is 0 Å². The molecule has 0 unspecified atom stereocenters. The lowest BCUT2D eigenvalue weighted by atomic mass is 9.72. The number of hydrogen-bond acceptors (Lipinski definition) is 12. The molecule has 4 atom stereocenters. The van der Waals surface area contributed by atoms with Crippen molar-refractivity contribution in [3.05, 3.63) is 311 Å². The third kappa shape index (κ3) is 14.6. The van der Waals surface area contributed by atoms with Gasteiger partial charge in [0.1, 0.15) is 46.8 Å². The Morgan fingerprint density at radius 3 is 0.536 bits per heavy atom. The zero-order chi connectivity index (χ0) is 60.8. The molecule has 8 aromatic rings. The predicted molar refractivity (Wildman–Crippen MR) is 325 cm³/mol. The number of hydrogen-bond donors (Lipinski definition) is 6. The number of benzene rings is 8. The van der Waals surface area contributed by atoms with Gasteiger partial charge in [-0.3, -0.25) is 9.59 Å². The molecule has 0 bridgehead atoms. The lowest BCUT2D eigenvalue weighted by molar-refractivity contribution is -0.172. The van der Waals surface area contributed by atoms with Crippen molar-refractivity contribution in [3.63, 3.8) is 0 Å². The molecule has 0 spiro atoms. The SMILES string of the molecule is CC(=O)/C=C(/C)O.CC(=O)/C=C(/C)O.CC1(C)O[C@H](C(O)(c2ccccc2)c2ccccc2)[C@@H](C(O)(c2ccccc2)c2ccccc2)O1.CC1(C)O[C@H](C(O)(c2ccccc2)c2ccccc2)[C@@H](C(O)(c2ccccc2)c2ccccc2)O1. The minimum absolute atomic E-state index is 0.0625. The summed E-state index contributed by atoms with van der Waals surface area (Å²) >= 11 is 0. The van der Waals surface area contributed by atoms with Gasteiger partial charge in [0.2, 0.25) is 0 Å². The van der Waals surface area contributed by atoms with Crippen LogP contribution in [0.25, 0.3) is 0 Å². The Kier molecular flexibility index (Phi) is 20.8. The van der Waals surface area contributed by atoms with Gasteiger partial charge in [0.15, 0.2) is 23.1 Å². The molecule has 0 saturated carbocycles. The quantitative estimate of drug-likeness (QED) is 0.0447. The van der Waals surface area contributed by atoms with Gasteiger partial charge in [0.25, 0.3) is 0 Å². The second kappa shape index (κ2) is 27.5. The van der Waals surface area contributed by atoms with Crippen LogP contribution in [0.15, 0.2) is 266 Å². The zero-order valence-electron chi connectivity index (χ0n) is 48.7. The first-order valence-corrected chi connectivity index (χ1v) is 27.8. The van der Waals surface area contributed by atoms with Gasteiger partial charge in [-0.15, -0.1) is 0 Å². The summed E-state index contributed by atoms with van der Waals surface area (Å²) in [6.07, 6.45) is -1.42. The highest BCUT2D eigenvalue weighted by molar-refractivity contribution is 5.87. The summed E-state index contributed by atoms with van der Waals surface area (Å²) in [5.41, 5.74) is -1.13. The number of ether oxygens (including phenoxy) is 4. The number of carbonyl (C=O) groups excluding carboxylic acids is 2. The summed E-state index contributed by atoms with van der Waals surface area (Å²) in [6, 6.07) is 75.5. The minimum Gasteiger partial charge on any atom is -0.512 e. The van der Waals surface area contributed by atoms with Crippen LogP contribution in [0, 0.1) is 0 Å². The van der Waals surface area contributed by atoms with Gasteiger partial charge in [-0.25, -0.2) is 0 Å². The molecule has 2 saturated heterocycles. The second-order valence-electron chi connectivity index (χ2n) is 21.7. The van der Waals surface area contributed by atoms with Crippen LogP contribution in [0.1, 0.15) is 99.9 Å². The third-order valence-electron chi connectivity index (χ3n) is 14.4. The summed E-state index contributed by atoms with van der Waals surface area (Å²) in [7, 11) is 0. The maximum Gasteiger partial charge on any atom is 0.164 e. The summed E-state index contributed by atoms with van der Waals surface area (Å²) in [6.45, 7) is 12.9. The molecule has 84 heavy (non-hydrogen) atoms. The molecule has 0 amide bonds. The fourth-order valence-corrected chi connectivity index (χ4v) is 10.9. The Balaban J connectivity index is 0.000000197. The molecule has 0 aliphatic carbocycles. The Morgan fingerprint density at radius 1 is 0.310 bits per heavy atom. The number of allylic oxidation sites excluding steroid dienone is 4. The molecule has 436 valence electrons. The zero-order valence-corrected chi connectivity index (χ0v) is 48.7. The average molecular weight is 1130 g/mol. The lowest BCUT2D eigenvalue weighted by Crippen LogP contribution is -2.54. The highest BCUT2D eigenvalue weighted by atomic mass is 16.8. The first-order chi connectivity index (χ1) is 40.0. The van der Waals surface area contributed by atoms with E-state index < -0.39 is 58.4 Å². The number of aliphatic hydroxyl groups excluding tert-OH is 2. The monoisotopic (exact) mass is 1130 g/mol. The average Bonchev–Trinajstić information content (AvgIpc) is 1.61. The van der Waals surface area contributed by atoms with E-state index in [1.54, 1.807) is 0 Å². The molecule has 10 rings (SSSR count). The van der Waals surface area contributed by atoms with Gasteiger partial charge >= 0.3 is 0 Å². The Hall–Kier alpha value is -8.14. The molecule has 6 N–H and O–H groups in total. The summed E-state index contributed by atoms with van der Waals surface area (Å²) in [4.78, 5) is 20.0. The molecular weight excluding hydrogens is 1060 g/mol. The Bertz CT molecular complexity index is 2800. The van der Waals surface area contributed by atoms with Crippen molar-refractivity contribution in [2.75, 3.05) is 0 Å². The molecule has 12 heteroatoms. The first-order valence-electron chi connectivity index (χ1n) is 27.8. The van der Waals surface area contributed by atoms with Crippen LogP contribution in [-0.4, -0.2) is 78.2 Å². The van der Waals surface area contributed by atoms with Crippen molar-refractivity contribution in [1.82, 2.24) is 0 Å². The van der Waals surface area contributed by atoms with E-state index in [0.29, 0.717) is 44.5 Å². The van der Waals surface area contributed by atoms with Crippen molar-refractivity contribution < 1.29 is 59.2 Å². The van der Waals surface area contributed by atoms with Crippen molar-refractivity contribution in [1.29, 1.82) is 0 Å². The standard InChI is InChI=1S/2C31H30O4.2C5H8O2/c2*1-29(2)34-27(30(32,23-15-7-3-8-16-23)24-17-9-4-10-18-24)28(35-29)31(33,25-19-11-5-12-20-25)26-21-13-6-14-22-26;2*1-4(6)3-5(2)7/h2*3-22,27-28,32-33H,1-2H3;2*3,6H,1-2H3/b;;2*4-3-/t2*27-,28-;;/m00../s1. The van der Waals surface area contributed by atoms with Crippen LogP contribution in [0.4, 0.5) is 0 Å². The van der Waals surface area contributed by atoms with Gasteiger partial charge in [-0.2, -0.15) is 0 Å². The van der Waals surface area contributed by atoms with E-state index in [4.69, 9.17) is 29.2 Å². The maximum absolute atomic E-state index is 12.6. The number of ketones is 2. The van der Waals surface area contributed by atoms with Crippen molar-refractivity contribution in [3.8, 4) is 0 Å². The van der Waals surface area contributed by atoms with Crippen LogP contribution in [0.2, 0.25) is 0 Å². The topological polar surface area (TPSA) is 192 Å². The molecule has 12 nitrogen and oxygen atoms in total. The van der Waals surface area contributed by atoms with Crippen molar-refractivity contribution in [2.24, 2.45) is 0 Å². The lowest BCUT2D eigenvalue weighted by Gasteiger charge is -2.42. The molecule has 2 aliphatic heterocycles. The molecule has 8 aromatic carbocycles. The van der Waals surface area contributed by atoms with Gasteiger partial charge in [0.05, 0.1) is 11.5 Å². The number of rotatable bonds is 14. The van der Waals surface area contributed by atoms with E-state index in [2.05, 4.69) is 0 Å². The van der Waals surface area contributed by atoms with Crippen molar-refractivity contribution >= 4 is 11.6 Å². The molecule has 2 heterocycles. The predicted octanol–water partition coefficient (Wildman–Crippen LogP) is 12.8. The molecule has 0 radical (unpaired) electrons. The largest absolute Gasteiger partial charge is 0.512 e. The highest BCUT2D eigenvalue weighted by Crippen LogP contribution is 2.52. The summed E-state index contributed by atoms with van der Waals surface area (Å²) < 4.78 is 26.0. The van der Waals surface area contributed by atoms with Crippen molar-refractivity contribution in [2.45, 2.75) is 114 Å². The van der Waals surface area contributed by atoms with E-state index in [9.17, 15) is 30.0 Å². The Labute approximate surface area is 493 Å². The van der Waals surface area contributed by atoms with E-state index in [-0.39, 0.29) is 23.1 Å². The summed E-state index contributed by atoms with van der Waals surface area (Å²) in [5.74, 6) is -2.23. The fraction of sp³-hybridized carbons (Fsp3) is 0.250. The Morgan fingerprint density at radius 2 is 0.440 bits per heavy atom. The minimum atomic E-state index is -1.60. The van der Waals surface area contributed by atoms with Gasteiger partial charge in [-0.1, -0.05) is 243 Å². The molecule has 2 fully saturated rings. The normalized spacial score (nSPS) is 18.6. The third-order valence-corrected chi connectivity index (χ3v) is 14.4. The van der Waals surface area contributed by atoms with Gasteiger partial charge in [0, 0.05) is 12.2 Å². The fourth-order valence-electron chi connectivity index (χ4n) is 10.9. The molecular formula is C72H76O12. The first kappa shape index (κ1) is 63.4. The number of aliphatic hydroxyl groups is 6. The van der Waals surface area contributed by atoms with Crippen LogP contribution in [-0.2, 0) is 50.9 Å². The second-order valence-corrected chi connectivity index (χ2v) is 21.7.